The van der Waals surface area contributed by atoms with Crippen LogP contribution in [0.1, 0.15) is 25.0 Å². The van der Waals surface area contributed by atoms with E-state index in [9.17, 15) is 0 Å². The molecule has 0 spiro atoms. The van der Waals surface area contributed by atoms with E-state index in [1.165, 1.54) is 0 Å². The summed E-state index contributed by atoms with van der Waals surface area (Å²) >= 11 is 0. The van der Waals surface area contributed by atoms with Crippen LogP contribution in [-0.4, -0.2) is 24.7 Å². The monoisotopic (exact) mass is 233 g/mol. The molecule has 17 heavy (non-hydrogen) atoms. The average molecular weight is 233 g/mol. The Morgan fingerprint density at radius 3 is 2.35 bits per heavy atom. The number of rotatable bonds is 1. The maximum atomic E-state index is 5.67. The minimum Gasteiger partial charge on any atom is -0.476 e. The summed E-state index contributed by atoms with van der Waals surface area (Å²) < 4.78 is 11.3. The van der Waals surface area contributed by atoms with Gasteiger partial charge in [-0.1, -0.05) is 18.2 Å². The molecule has 0 N–H and O–H groups in total. The fraction of sp³-hybridized carbons (Fsp3) is 0.500. The van der Waals surface area contributed by atoms with Crippen LogP contribution < -0.4 is 0 Å². The van der Waals surface area contributed by atoms with Gasteiger partial charge in [-0.3, -0.25) is 0 Å². The maximum absolute atomic E-state index is 5.67. The van der Waals surface area contributed by atoms with Gasteiger partial charge in [0.1, 0.15) is 12.2 Å². The lowest BCUT2D eigenvalue weighted by Crippen LogP contribution is -2.42. The number of aliphatic imine (C=N–C) groups is 1. The molecular weight excluding hydrogens is 214 g/mol. The summed E-state index contributed by atoms with van der Waals surface area (Å²) in [6.45, 7) is 9.29. The van der Waals surface area contributed by atoms with Gasteiger partial charge in [-0.05, 0) is 38.8 Å². The lowest BCUT2D eigenvalue weighted by atomic mass is 10.1. The summed E-state index contributed by atoms with van der Waals surface area (Å²) in [5.41, 5.74) is 2.86. The molecule has 1 aliphatic rings. The van der Waals surface area contributed by atoms with E-state index in [0.717, 1.165) is 16.8 Å². The third-order valence-electron chi connectivity index (χ3n) is 2.95. The molecule has 0 saturated carbocycles. The van der Waals surface area contributed by atoms with Crippen LogP contribution in [0.3, 0.4) is 0 Å². The molecule has 92 valence electrons. The van der Waals surface area contributed by atoms with Crippen molar-refractivity contribution in [3.63, 3.8) is 0 Å². The van der Waals surface area contributed by atoms with E-state index in [2.05, 4.69) is 31.0 Å². The molecule has 0 atom stereocenters. The van der Waals surface area contributed by atoms with Gasteiger partial charge in [-0.25, -0.2) is 4.99 Å². The Balaban J connectivity index is 2.41. The van der Waals surface area contributed by atoms with Crippen LogP contribution in [-0.2, 0) is 9.47 Å². The molecule has 1 aromatic carbocycles. The maximum Gasteiger partial charge on any atom is 0.221 e. The number of ether oxygens (including phenoxy) is 2. The van der Waals surface area contributed by atoms with Crippen molar-refractivity contribution in [2.75, 3.05) is 13.2 Å². The molecule has 1 aromatic rings. The smallest absolute Gasteiger partial charge is 0.221 e. The van der Waals surface area contributed by atoms with Crippen LogP contribution in [0.15, 0.2) is 23.2 Å². The summed E-state index contributed by atoms with van der Waals surface area (Å²) in [4.78, 5) is 4.64. The second-order valence-corrected chi connectivity index (χ2v) is 4.86. The van der Waals surface area contributed by atoms with E-state index in [1.54, 1.807) is 0 Å². The summed E-state index contributed by atoms with van der Waals surface area (Å²) in [7, 11) is 0. The van der Waals surface area contributed by atoms with Gasteiger partial charge in [-0.2, -0.15) is 0 Å². The van der Waals surface area contributed by atoms with Crippen molar-refractivity contribution in [2.24, 2.45) is 4.99 Å². The molecule has 0 amide bonds. The first-order chi connectivity index (χ1) is 8.00. The van der Waals surface area contributed by atoms with E-state index in [1.807, 2.05) is 19.9 Å². The number of aryl methyl sites for hydroxylation is 2. The Bertz CT molecular complexity index is 429. The van der Waals surface area contributed by atoms with Gasteiger partial charge in [-0.15, -0.1) is 0 Å². The van der Waals surface area contributed by atoms with Crippen LogP contribution in [0, 0.1) is 13.8 Å². The molecular formula is C14H19NO2. The standard InChI is InChI=1S/C14H19NO2/c1-10-6-5-7-11(2)12(10)15-13-14(3,4)17-9-8-16-13/h5-7H,8-9H2,1-4H3. The Morgan fingerprint density at radius 1 is 1.12 bits per heavy atom. The second-order valence-electron chi connectivity index (χ2n) is 4.86. The quantitative estimate of drug-likeness (QED) is 0.746. The Kier molecular flexibility index (Phi) is 3.20. The molecule has 2 rings (SSSR count). The van der Waals surface area contributed by atoms with Crippen molar-refractivity contribution < 1.29 is 9.47 Å². The predicted molar refractivity (Wildman–Crippen MR) is 69.0 cm³/mol. The minimum atomic E-state index is -0.438. The lowest BCUT2D eigenvalue weighted by Gasteiger charge is -2.31. The van der Waals surface area contributed by atoms with Crippen molar-refractivity contribution in [1.82, 2.24) is 0 Å². The van der Waals surface area contributed by atoms with Gasteiger partial charge >= 0.3 is 0 Å². The summed E-state index contributed by atoms with van der Waals surface area (Å²) in [5.74, 6) is 0.668. The van der Waals surface area contributed by atoms with E-state index in [4.69, 9.17) is 9.47 Å². The summed E-state index contributed by atoms with van der Waals surface area (Å²) in [6, 6.07) is 6.16. The van der Waals surface area contributed by atoms with E-state index in [-0.39, 0.29) is 0 Å². The third-order valence-corrected chi connectivity index (χ3v) is 2.95. The highest BCUT2D eigenvalue weighted by Gasteiger charge is 2.31. The van der Waals surface area contributed by atoms with Crippen LogP contribution in [0.2, 0.25) is 0 Å². The number of para-hydroxylation sites is 1. The molecule has 1 fully saturated rings. The summed E-state index contributed by atoms with van der Waals surface area (Å²) in [6.07, 6.45) is 0. The molecule has 0 aliphatic carbocycles. The Labute approximate surface area is 102 Å². The van der Waals surface area contributed by atoms with Crippen LogP contribution in [0.25, 0.3) is 0 Å². The number of hydrogen-bond donors (Lipinski definition) is 0. The number of hydrogen-bond acceptors (Lipinski definition) is 3. The highest BCUT2D eigenvalue weighted by Crippen LogP contribution is 2.27. The van der Waals surface area contributed by atoms with Crippen molar-refractivity contribution in [3.8, 4) is 0 Å². The molecule has 3 nitrogen and oxygen atoms in total. The molecule has 1 heterocycles. The van der Waals surface area contributed by atoms with Crippen LogP contribution in [0.4, 0.5) is 5.69 Å². The van der Waals surface area contributed by atoms with E-state index >= 15 is 0 Å². The molecule has 1 saturated heterocycles. The first-order valence-corrected chi connectivity index (χ1v) is 5.93. The first-order valence-electron chi connectivity index (χ1n) is 5.93. The van der Waals surface area contributed by atoms with Gasteiger partial charge in [0, 0.05) is 0 Å². The predicted octanol–water partition coefficient (Wildman–Crippen LogP) is 3.16. The zero-order valence-corrected chi connectivity index (χ0v) is 10.9. The lowest BCUT2D eigenvalue weighted by molar-refractivity contribution is -0.0358. The SMILES string of the molecule is Cc1cccc(C)c1N=C1OCCOC1(C)C. The molecule has 0 bridgehead atoms. The van der Waals surface area contributed by atoms with E-state index in [0.29, 0.717) is 19.1 Å². The van der Waals surface area contributed by atoms with Gasteiger partial charge in [0.15, 0.2) is 0 Å². The first kappa shape index (κ1) is 12.1. The van der Waals surface area contributed by atoms with Crippen LogP contribution >= 0.6 is 0 Å². The minimum absolute atomic E-state index is 0.438. The molecule has 0 aromatic heterocycles. The zero-order valence-electron chi connectivity index (χ0n) is 10.9. The van der Waals surface area contributed by atoms with Gasteiger partial charge in [0.25, 0.3) is 0 Å². The molecule has 1 aliphatic heterocycles. The van der Waals surface area contributed by atoms with E-state index < -0.39 is 5.60 Å². The van der Waals surface area contributed by atoms with Crippen molar-refractivity contribution in [1.29, 1.82) is 0 Å². The van der Waals surface area contributed by atoms with Crippen molar-refractivity contribution >= 4 is 11.6 Å². The van der Waals surface area contributed by atoms with Gasteiger partial charge in [0.2, 0.25) is 5.90 Å². The largest absolute Gasteiger partial charge is 0.476 e. The normalized spacial score (nSPS) is 21.3. The van der Waals surface area contributed by atoms with Crippen LogP contribution in [0.5, 0.6) is 0 Å². The highest BCUT2D eigenvalue weighted by molar-refractivity contribution is 5.88. The number of benzene rings is 1. The fourth-order valence-corrected chi connectivity index (χ4v) is 1.92. The fourth-order valence-electron chi connectivity index (χ4n) is 1.92. The molecule has 0 radical (unpaired) electrons. The molecule has 0 unspecified atom stereocenters. The third kappa shape index (κ3) is 2.50. The van der Waals surface area contributed by atoms with Gasteiger partial charge < -0.3 is 9.47 Å². The highest BCUT2D eigenvalue weighted by atomic mass is 16.6. The zero-order chi connectivity index (χ0) is 12.5. The average Bonchev–Trinajstić information content (AvgIpc) is 2.25. The number of nitrogens with zero attached hydrogens (tertiary/aromatic N) is 1. The Hall–Kier alpha value is -1.35. The molecule has 3 heteroatoms. The van der Waals surface area contributed by atoms with Crippen molar-refractivity contribution in [3.05, 3.63) is 29.3 Å². The van der Waals surface area contributed by atoms with Gasteiger partial charge in [0.05, 0.1) is 12.3 Å². The Morgan fingerprint density at radius 2 is 1.76 bits per heavy atom. The second kappa shape index (κ2) is 4.49. The topological polar surface area (TPSA) is 30.8 Å². The van der Waals surface area contributed by atoms with Crippen molar-refractivity contribution in [2.45, 2.75) is 33.3 Å². The summed E-state index contributed by atoms with van der Waals surface area (Å²) in [5, 5.41) is 0.